The van der Waals surface area contributed by atoms with Gasteiger partial charge in [0, 0.05) is 30.0 Å². The van der Waals surface area contributed by atoms with Crippen LogP contribution in [-0.4, -0.2) is 40.6 Å². The van der Waals surface area contributed by atoms with Crippen LogP contribution < -0.4 is 5.32 Å². The summed E-state index contributed by atoms with van der Waals surface area (Å²) in [6, 6.07) is 21.3. The summed E-state index contributed by atoms with van der Waals surface area (Å²) in [6.07, 6.45) is 10.1. The van der Waals surface area contributed by atoms with Gasteiger partial charge >= 0.3 is 0 Å². The summed E-state index contributed by atoms with van der Waals surface area (Å²) >= 11 is 0. The maximum atomic E-state index is 13.2. The van der Waals surface area contributed by atoms with Gasteiger partial charge in [0.1, 0.15) is 0 Å². The molecule has 182 valence electrons. The Hall–Kier alpha value is -2.92. The fraction of sp³-hybridized carbons (Fsp3) is 0.467. The highest BCUT2D eigenvalue weighted by Gasteiger charge is 2.58. The lowest BCUT2D eigenvalue weighted by atomic mass is 9.78. The van der Waals surface area contributed by atoms with E-state index >= 15 is 0 Å². The Bertz CT molecular complexity index is 1140. The van der Waals surface area contributed by atoms with Gasteiger partial charge in [0.2, 0.25) is 5.91 Å². The van der Waals surface area contributed by atoms with E-state index in [1.54, 1.807) is 0 Å². The quantitative estimate of drug-likeness (QED) is 0.494. The van der Waals surface area contributed by atoms with Crippen LogP contribution in [0, 0.1) is 11.3 Å². The van der Waals surface area contributed by atoms with E-state index in [0.29, 0.717) is 5.91 Å². The number of hydrogen-bond donors (Lipinski definition) is 2. The summed E-state index contributed by atoms with van der Waals surface area (Å²) in [6.45, 7) is 3.80. The van der Waals surface area contributed by atoms with Gasteiger partial charge in [0.05, 0.1) is 11.9 Å². The molecule has 0 radical (unpaired) electrons. The highest BCUT2D eigenvalue weighted by molar-refractivity contribution is 5.82. The molecule has 2 heterocycles. The van der Waals surface area contributed by atoms with Gasteiger partial charge in [0.15, 0.2) is 0 Å². The predicted octanol–water partition coefficient (Wildman–Crippen LogP) is 5.31. The summed E-state index contributed by atoms with van der Waals surface area (Å²) in [5, 5.41) is 10.9. The van der Waals surface area contributed by atoms with E-state index in [2.05, 4.69) is 75.0 Å². The number of aromatic nitrogens is 2. The Labute approximate surface area is 208 Å². The third kappa shape index (κ3) is 4.42. The molecule has 6 rings (SSSR count). The van der Waals surface area contributed by atoms with Crippen molar-refractivity contribution in [3.8, 4) is 11.3 Å². The number of carbonyl (C=O) groups is 1. The zero-order valence-corrected chi connectivity index (χ0v) is 20.5. The second kappa shape index (κ2) is 9.27. The Kier molecular flexibility index (Phi) is 5.97. The van der Waals surface area contributed by atoms with Gasteiger partial charge in [-0.25, -0.2) is 0 Å². The molecule has 0 unspecified atom stereocenters. The number of H-pyrrole nitrogens is 1. The van der Waals surface area contributed by atoms with Crippen molar-refractivity contribution in [2.45, 2.75) is 56.9 Å². The first kappa shape index (κ1) is 22.5. The van der Waals surface area contributed by atoms with E-state index in [4.69, 9.17) is 0 Å². The lowest BCUT2D eigenvalue weighted by Crippen LogP contribution is -2.41. The molecule has 1 spiro atoms. The van der Waals surface area contributed by atoms with Gasteiger partial charge in [-0.15, -0.1) is 0 Å². The summed E-state index contributed by atoms with van der Waals surface area (Å²) in [5.74, 6) is 0.495. The molecule has 0 bridgehead atoms. The predicted molar refractivity (Wildman–Crippen MR) is 139 cm³/mol. The average molecular weight is 469 g/mol. The number of likely N-dealkylation sites (tertiary alicyclic amines) is 1. The number of nitrogens with zero attached hydrogens (tertiary/aromatic N) is 2. The first-order valence-electron chi connectivity index (χ1n) is 13.3. The highest BCUT2D eigenvalue weighted by atomic mass is 16.2. The summed E-state index contributed by atoms with van der Waals surface area (Å²) in [4.78, 5) is 15.7. The molecule has 1 amide bonds. The van der Waals surface area contributed by atoms with E-state index < -0.39 is 0 Å². The summed E-state index contributed by atoms with van der Waals surface area (Å²) in [5.41, 5.74) is 5.31. The van der Waals surface area contributed by atoms with Crippen molar-refractivity contribution in [3.63, 3.8) is 0 Å². The molecule has 1 aromatic heterocycles. The molecule has 2 aromatic carbocycles. The zero-order valence-electron chi connectivity index (χ0n) is 20.5. The fourth-order valence-electron chi connectivity index (χ4n) is 6.74. The second-order valence-electron chi connectivity index (χ2n) is 11.1. The van der Waals surface area contributed by atoms with Crippen molar-refractivity contribution >= 4 is 5.91 Å². The average Bonchev–Trinajstić information content (AvgIpc) is 3.23. The van der Waals surface area contributed by atoms with E-state index in [0.717, 1.165) is 51.1 Å². The smallest absolute Gasteiger partial charge is 0.223 e. The first-order valence-corrected chi connectivity index (χ1v) is 13.3. The van der Waals surface area contributed by atoms with E-state index in [1.807, 2.05) is 12.3 Å². The van der Waals surface area contributed by atoms with Crippen LogP contribution in [0.3, 0.4) is 0 Å². The molecule has 2 saturated carbocycles. The van der Waals surface area contributed by atoms with E-state index in [9.17, 15) is 4.79 Å². The third-order valence-electron chi connectivity index (χ3n) is 9.08. The largest absolute Gasteiger partial charge is 0.355 e. The number of nitrogens with one attached hydrogen (secondary N) is 2. The lowest BCUT2D eigenvalue weighted by molar-refractivity contribution is -0.123. The Morgan fingerprint density at radius 2 is 1.66 bits per heavy atom. The van der Waals surface area contributed by atoms with Gasteiger partial charge in [0.25, 0.3) is 0 Å². The number of carbonyl (C=O) groups excluding carboxylic acids is 1. The van der Waals surface area contributed by atoms with Gasteiger partial charge in [-0.2, -0.15) is 5.10 Å². The summed E-state index contributed by atoms with van der Waals surface area (Å²) < 4.78 is 0. The molecule has 1 atom stereocenters. The number of aromatic amines is 1. The minimum atomic E-state index is 0.128. The number of benzene rings is 2. The van der Waals surface area contributed by atoms with Crippen LogP contribution in [0.15, 0.2) is 66.9 Å². The summed E-state index contributed by atoms with van der Waals surface area (Å²) in [7, 11) is 0. The van der Waals surface area contributed by atoms with Crippen LogP contribution in [0.2, 0.25) is 0 Å². The van der Waals surface area contributed by atoms with Crippen molar-refractivity contribution in [2.75, 3.05) is 19.6 Å². The van der Waals surface area contributed by atoms with E-state index in [1.165, 1.54) is 42.4 Å². The van der Waals surface area contributed by atoms with Crippen LogP contribution in [0.4, 0.5) is 0 Å². The number of rotatable bonds is 7. The molecule has 1 saturated heterocycles. The molecule has 3 fully saturated rings. The van der Waals surface area contributed by atoms with Gasteiger partial charge < -0.3 is 5.32 Å². The minimum Gasteiger partial charge on any atom is -0.355 e. The Morgan fingerprint density at radius 3 is 2.37 bits per heavy atom. The molecule has 3 aliphatic rings. The maximum absolute atomic E-state index is 13.2. The fourth-order valence-corrected chi connectivity index (χ4v) is 6.74. The van der Waals surface area contributed by atoms with Crippen molar-refractivity contribution in [1.29, 1.82) is 0 Å². The molecule has 2 N–H and O–H groups in total. The van der Waals surface area contributed by atoms with Gasteiger partial charge in [-0.05, 0) is 61.7 Å². The monoisotopic (exact) mass is 468 g/mol. The molecule has 35 heavy (non-hydrogen) atoms. The van der Waals surface area contributed by atoms with Crippen molar-refractivity contribution in [1.82, 2.24) is 20.4 Å². The molecule has 3 aromatic rings. The molecular weight excluding hydrogens is 432 g/mol. The van der Waals surface area contributed by atoms with Crippen molar-refractivity contribution in [3.05, 3.63) is 78.0 Å². The van der Waals surface area contributed by atoms with Crippen molar-refractivity contribution in [2.24, 2.45) is 11.3 Å². The first-order chi connectivity index (χ1) is 17.2. The third-order valence-corrected chi connectivity index (χ3v) is 9.08. The maximum Gasteiger partial charge on any atom is 0.223 e. The van der Waals surface area contributed by atoms with E-state index in [-0.39, 0.29) is 16.7 Å². The second-order valence-corrected chi connectivity index (χ2v) is 11.1. The Balaban J connectivity index is 1.03. The zero-order chi connectivity index (χ0) is 23.7. The standard InChI is InChI=1S/C30H36N4O/c35-28(31-22-30(13-7-8-14-30)25-11-5-2-6-12-25)26-19-29(26)15-17-34(18-16-29)21-24-20-32-33-27(24)23-9-3-1-4-10-23/h1-6,9-12,20,26H,7-8,13-19,21-22H2,(H,31,35)(H,32,33)/t26-/m1/s1. The molecule has 5 nitrogen and oxygen atoms in total. The van der Waals surface area contributed by atoms with Crippen LogP contribution in [-0.2, 0) is 16.8 Å². The Morgan fingerprint density at radius 1 is 0.971 bits per heavy atom. The van der Waals surface area contributed by atoms with Crippen LogP contribution in [0.25, 0.3) is 11.3 Å². The molecule has 5 heteroatoms. The molecular formula is C30H36N4O. The van der Waals surface area contributed by atoms with Crippen molar-refractivity contribution < 1.29 is 4.79 Å². The normalized spacial score (nSPS) is 22.8. The molecule has 2 aliphatic carbocycles. The minimum absolute atomic E-state index is 0.128. The molecule has 1 aliphatic heterocycles. The van der Waals surface area contributed by atoms with Gasteiger partial charge in [-0.1, -0.05) is 73.5 Å². The topological polar surface area (TPSA) is 61.0 Å². The SMILES string of the molecule is O=C(NCC1(c2ccccc2)CCCC1)[C@H]1CC12CCN(Cc1cn[nH]c1-c1ccccc1)CC2. The number of amides is 1. The number of piperidine rings is 1. The van der Waals surface area contributed by atoms with Gasteiger partial charge in [-0.3, -0.25) is 14.8 Å². The van der Waals surface area contributed by atoms with Crippen LogP contribution >= 0.6 is 0 Å². The highest BCUT2D eigenvalue weighted by Crippen LogP contribution is 2.59. The number of hydrogen-bond acceptors (Lipinski definition) is 3. The van der Waals surface area contributed by atoms with Crippen LogP contribution in [0.1, 0.15) is 56.1 Å². The lowest BCUT2D eigenvalue weighted by Gasteiger charge is -2.33. The van der Waals surface area contributed by atoms with Crippen LogP contribution in [0.5, 0.6) is 0 Å².